The molecule has 0 aromatic carbocycles. The molecule has 1 aliphatic heterocycles. The molecule has 3 nitrogen and oxygen atoms in total. The zero-order valence-corrected chi connectivity index (χ0v) is 10.7. The lowest BCUT2D eigenvalue weighted by atomic mass is 10.1. The lowest BCUT2D eigenvalue weighted by Gasteiger charge is -2.31. The van der Waals surface area contributed by atoms with Crippen molar-refractivity contribution >= 4 is 0 Å². The third kappa shape index (κ3) is 4.04. The molecule has 1 saturated heterocycles. The van der Waals surface area contributed by atoms with Gasteiger partial charge in [0.05, 0.1) is 13.2 Å². The van der Waals surface area contributed by atoms with E-state index >= 15 is 0 Å². The normalized spacial score (nSPS) is 26.6. The predicted octanol–water partition coefficient (Wildman–Crippen LogP) is 1.49. The quantitative estimate of drug-likeness (QED) is 0.742. The molecule has 94 valence electrons. The molecule has 0 bridgehead atoms. The van der Waals surface area contributed by atoms with Gasteiger partial charge in [-0.3, -0.25) is 4.90 Å². The van der Waals surface area contributed by atoms with E-state index in [0.717, 1.165) is 31.7 Å². The van der Waals surface area contributed by atoms with E-state index in [4.69, 9.17) is 4.74 Å². The molecule has 0 amide bonds. The Labute approximate surface area is 99.5 Å². The van der Waals surface area contributed by atoms with E-state index < -0.39 is 0 Å². The zero-order valence-electron chi connectivity index (χ0n) is 10.7. The molecule has 1 aliphatic carbocycles. The average molecular weight is 226 g/mol. The largest absolute Gasteiger partial charge is 0.378 e. The number of hydrogen-bond donors (Lipinski definition) is 1. The van der Waals surface area contributed by atoms with Crippen molar-refractivity contribution in [3.63, 3.8) is 0 Å². The molecule has 1 saturated carbocycles. The van der Waals surface area contributed by atoms with Crippen LogP contribution in [0, 0.1) is 5.92 Å². The molecule has 0 aromatic rings. The summed E-state index contributed by atoms with van der Waals surface area (Å²) in [6.45, 7) is 9.86. The van der Waals surface area contributed by atoms with Crippen molar-refractivity contribution in [1.29, 1.82) is 0 Å². The van der Waals surface area contributed by atoms with Gasteiger partial charge in [0.2, 0.25) is 0 Å². The molecule has 1 unspecified atom stereocenters. The van der Waals surface area contributed by atoms with Gasteiger partial charge >= 0.3 is 0 Å². The lowest BCUT2D eigenvalue weighted by molar-refractivity contribution is 0.0598. The summed E-state index contributed by atoms with van der Waals surface area (Å²) in [6, 6.07) is 1.43. The van der Waals surface area contributed by atoms with Crippen molar-refractivity contribution in [2.75, 3.05) is 32.8 Å². The van der Waals surface area contributed by atoms with Crippen LogP contribution in [0.2, 0.25) is 0 Å². The van der Waals surface area contributed by atoms with Gasteiger partial charge in [0.25, 0.3) is 0 Å². The summed E-state index contributed by atoms with van der Waals surface area (Å²) in [6.07, 6.45) is 4.14. The summed E-state index contributed by atoms with van der Waals surface area (Å²) in [4.78, 5) is 2.67. The van der Waals surface area contributed by atoms with E-state index in [2.05, 4.69) is 24.1 Å². The summed E-state index contributed by atoms with van der Waals surface area (Å²) in [7, 11) is 0. The molecule has 0 aromatic heterocycles. The fraction of sp³-hybridized carbons (Fsp3) is 1.00. The first-order chi connectivity index (χ1) is 7.75. The number of nitrogens with one attached hydrogen (secondary N) is 1. The van der Waals surface area contributed by atoms with E-state index in [-0.39, 0.29) is 0 Å². The Morgan fingerprint density at radius 2 is 2.19 bits per heavy atom. The van der Waals surface area contributed by atoms with Crippen LogP contribution in [0.3, 0.4) is 0 Å². The summed E-state index contributed by atoms with van der Waals surface area (Å²) >= 11 is 0. The van der Waals surface area contributed by atoms with Crippen LogP contribution in [-0.4, -0.2) is 49.8 Å². The first kappa shape index (κ1) is 12.3. The molecule has 1 heterocycles. The predicted molar refractivity (Wildman–Crippen MR) is 66.7 cm³/mol. The molecule has 1 atom stereocenters. The van der Waals surface area contributed by atoms with E-state index in [9.17, 15) is 0 Å². The fourth-order valence-electron chi connectivity index (χ4n) is 2.31. The van der Waals surface area contributed by atoms with E-state index in [0.29, 0.717) is 6.04 Å². The maximum atomic E-state index is 5.52. The Hall–Kier alpha value is -0.120. The second-order valence-corrected chi connectivity index (χ2v) is 5.63. The zero-order chi connectivity index (χ0) is 11.4. The Bertz CT molecular complexity index is 198. The molecular weight excluding hydrogens is 200 g/mol. The van der Waals surface area contributed by atoms with Crippen molar-refractivity contribution in [2.24, 2.45) is 5.92 Å². The lowest BCUT2D eigenvalue weighted by Crippen LogP contribution is -2.49. The Kier molecular flexibility index (Phi) is 4.62. The molecule has 2 fully saturated rings. The van der Waals surface area contributed by atoms with Gasteiger partial charge in [-0.15, -0.1) is 0 Å². The Balaban J connectivity index is 1.73. The van der Waals surface area contributed by atoms with Crippen molar-refractivity contribution in [3.8, 4) is 0 Å². The van der Waals surface area contributed by atoms with Gasteiger partial charge in [0.1, 0.15) is 0 Å². The monoisotopic (exact) mass is 226 g/mol. The third-order valence-electron chi connectivity index (χ3n) is 3.51. The first-order valence-corrected chi connectivity index (χ1v) is 6.81. The van der Waals surface area contributed by atoms with Crippen LogP contribution in [0.1, 0.15) is 33.1 Å². The van der Waals surface area contributed by atoms with Crippen LogP contribution in [0.15, 0.2) is 0 Å². The second kappa shape index (κ2) is 5.99. The standard InChI is InChI=1S/C13H26N2O/c1-11(2)5-7-15(13-3-4-13)9-12-10-16-8-6-14-12/h11-14H,3-10H2,1-2H3. The van der Waals surface area contributed by atoms with Gasteiger partial charge < -0.3 is 10.1 Å². The van der Waals surface area contributed by atoms with Gasteiger partial charge in [-0.25, -0.2) is 0 Å². The van der Waals surface area contributed by atoms with Crippen LogP contribution in [0.4, 0.5) is 0 Å². The van der Waals surface area contributed by atoms with Gasteiger partial charge in [-0.1, -0.05) is 13.8 Å². The van der Waals surface area contributed by atoms with Gasteiger partial charge in [-0.2, -0.15) is 0 Å². The van der Waals surface area contributed by atoms with E-state index in [1.54, 1.807) is 0 Å². The fourth-order valence-corrected chi connectivity index (χ4v) is 2.31. The minimum Gasteiger partial charge on any atom is -0.378 e. The van der Waals surface area contributed by atoms with Gasteiger partial charge in [-0.05, 0) is 31.7 Å². The van der Waals surface area contributed by atoms with Crippen molar-refractivity contribution < 1.29 is 4.74 Å². The highest BCUT2D eigenvalue weighted by molar-refractivity contribution is 4.87. The van der Waals surface area contributed by atoms with Crippen molar-refractivity contribution in [2.45, 2.75) is 45.2 Å². The third-order valence-corrected chi connectivity index (χ3v) is 3.51. The summed E-state index contributed by atoms with van der Waals surface area (Å²) < 4.78 is 5.52. The van der Waals surface area contributed by atoms with Crippen LogP contribution in [-0.2, 0) is 4.74 Å². The van der Waals surface area contributed by atoms with Crippen LogP contribution in [0.25, 0.3) is 0 Å². The van der Waals surface area contributed by atoms with E-state index in [1.165, 1.54) is 32.4 Å². The molecule has 16 heavy (non-hydrogen) atoms. The van der Waals surface area contributed by atoms with E-state index in [1.807, 2.05) is 0 Å². The molecule has 2 aliphatic rings. The Morgan fingerprint density at radius 3 is 2.75 bits per heavy atom. The Morgan fingerprint density at radius 1 is 1.38 bits per heavy atom. The summed E-state index contributed by atoms with van der Waals surface area (Å²) in [5.41, 5.74) is 0. The molecule has 0 spiro atoms. The highest BCUT2D eigenvalue weighted by atomic mass is 16.5. The SMILES string of the molecule is CC(C)CCN(CC1COCCN1)C1CC1. The topological polar surface area (TPSA) is 24.5 Å². The van der Waals surface area contributed by atoms with Crippen LogP contribution >= 0.6 is 0 Å². The van der Waals surface area contributed by atoms with Crippen LogP contribution < -0.4 is 5.32 Å². The summed E-state index contributed by atoms with van der Waals surface area (Å²) in [5, 5.41) is 3.55. The minimum atomic E-state index is 0.557. The highest BCUT2D eigenvalue weighted by Crippen LogP contribution is 2.27. The highest BCUT2D eigenvalue weighted by Gasteiger charge is 2.30. The number of ether oxygens (including phenoxy) is 1. The molecule has 2 rings (SSSR count). The number of rotatable bonds is 6. The molecule has 1 N–H and O–H groups in total. The smallest absolute Gasteiger partial charge is 0.0632 e. The second-order valence-electron chi connectivity index (χ2n) is 5.63. The maximum absolute atomic E-state index is 5.52. The summed E-state index contributed by atoms with van der Waals surface area (Å²) in [5.74, 6) is 0.816. The number of morpholine rings is 1. The van der Waals surface area contributed by atoms with Crippen molar-refractivity contribution in [3.05, 3.63) is 0 Å². The van der Waals surface area contributed by atoms with Crippen LogP contribution in [0.5, 0.6) is 0 Å². The minimum absolute atomic E-state index is 0.557. The average Bonchev–Trinajstić information content (AvgIpc) is 3.09. The first-order valence-electron chi connectivity index (χ1n) is 6.81. The molecule has 0 radical (unpaired) electrons. The molecular formula is C13H26N2O. The van der Waals surface area contributed by atoms with Crippen molar-refractivity contribution in [1.82, 2.24) is 10.2 Å². The number of hydrogen-bond acceptors (Lipinski definition) is 3. The molecule has 3 heteroatoms. The maximum Gasteiger partial charge on any atom is 0.0632 e. The number of nitrogens with zero attached hydrogens (tertiary/aromatic N) is 1. The van der Waals surface area contributed by atoms with Gasteiger partial charge in [0, 0.05) is 25.2 Å². The van der Waals surface area contributed by atoms with Gasteiger partial charge in [0.15, 0.2) is 0 Å².